The van der Waals surface area contributed by atoms with Crippen LogP contribution in [0.15, 0.2) is 24.3 Å². The Hall–Kier alpha value is 0.181. The van der Waals surface area contributed by atoms with Crippen LogP contribution in [-0.4, -0.2) is 18.1 Å². The largest absolute Gasteiger partial charge is 1.00 e. The van der Waals surface area contributed by atoms with Crippen molar-refractivity contribution in [2.24, 2.45) is 0 Å². The SMILES string of the molecule is O=C(O)CCc1cccc([B-](F)(F)F)c1.[K+]. The molecule has 7 heteroatoms. The second kappa shape index (κ2) is 6.81. The molecule has 0 aliphatic rings. The van der Waals surface area contributed by atoms with Crippen LogP contribution in [0.3, 0.4) is 0 Å². The molecule has 0 fully saturated rings. The van der Waals surface area contributed by atoms with E-state index < -0.39 is 18.4 Å². The molecule has 16 heavy (non-hydrogen) atoms. The average molecular weight is 256 g/mol. The fraction of sp³-hybridized carbons (Fsp3) is 0.222. The molecule has 0 amide bonds. The van der Waals surface area contributed by atoms with Gasteiger partial charge in [-0.2, -0.15) is 0 Å². The fourth-order valence-corrected chi connectivity index (χ4v) is 1.20. The summed E-state index contributed by atoms with van der Waals surface area (Å²) in [4.78, 5) is 10.2. The predicted octanol–water partition coefficient (Wildman–Crippen LogP) is -1.24. The van der Waals surface area contributed by atoms with Gasteiger partial charge in [0.05, 0.1) is 0 Å². The summed E-state index contributed by atoms with van der Waals surface area (Å²) in [5.74, 6) is -1.02. The number of hydrogen-bond acceptors (Lipinski definition) is 1. The Kier molecular flexibility index (Phi) is 6.88. The van der Waals surface area contributed by atoms with E-state index in [2.05, 4.69) is 0 Å². The third kappa shape index (κ3) is 5.49. The molecule has 1 N–H and O–H groups in total. The monoisotopic (exact) mass is 256 g/mol. The number of rotatable bonds is 4. The van der Waals surface area contributed by atoms with Crippen LogP contribution in [0.25, 0.3) is 0 Å². The van der Waals surface area contributed by atoms with E-state index in [1.807, 2.05) is 0 Å². The predicted molar refractivity (Wildman–Crippen MR) is 51.1 cm³/mol. The molecule has 1 rings (SSSR count). The van der Waals surface area contributed by atoms with Crippen LogP contribution in [0.5, 0.6) is 0 Å². The van der Waals surface area contributed by atoms with E-state index in [1.165, 1.54) is 12.1 Å². The molecule has 1 aromatic rings. The van der Waals surface area contributed by atoms with Crippen LogP contribution in [0, 0.1) is 0 Å². The minimum Gasteiger partial charge on any atom is -0.481 e. The van der Waals surface area contributed by atoms with Crippen molar-refractivity contribution in [3.8, 4) is 0 Å². The van der Waals surface area contributed by atoms with Crippen LogP contribution in [0.1, 0.15) is 12.0 Å². The molecule has 0 saturated carbocycles. The Bertz CT molecular complexity index is 368. The topological polar surface area (TPSA) is 37.3 Å². The number of aliphatic carboxylic acids is 1. The molecular formula is C9H9BF3KO2. The van der Waals surface area contributed by atoms with E-state index in [-0.39, 0.29) is 64.2 Å². The summed E-state index contributed by atoms with van der Waals surface area (Å²) in [5.41, 5.74) is -0.285. The van der Waals surface area contributed by atoms with E-state index in [4.69, 9.17) is 5.11 Å². The number of carboxylic acids is 1. The van der Waals surface area contributed by atoms with E-state index in [1.54, 1.807) is 0 Å². The Morgan fingerprint density at radius 3 is 2.44 bits per heavy atom. The fourth-order valence-electron chi connectivity index (χ4n) is 1.20. The Labute approximate surface area is 134 Å². The summed E-state index contributed by atoms with van der Waals surface area (Å²) in [6.07, 6.45) is -0.0381. The standard InChI is InChI=1S/C9H9BF3O2.K/c11-10(12,13)8-3-1-2-7(6-8)4-5-9(14)15;/h1-3,6H,4-5H2,(H,14,15);/q-1;+1. The number of benzene rings is 1. The molecule has 0 saturated heterocycles. The van der Waals surface area contributed by atoms with E-state index in [0.29, 0.717) is 5.56 Å². The number of halogens is 3. The van der Waals surface area contributed by atoms with Crippen molar-refractivity contribution in [2.75, 3.05) is 0 Å². The maximum Gasteiger partial charge on any atom is 1.00 e. The second-order valence-corrected chi connectivity index (χ2v) is 3.21. The zero-order chi connectivity index (χ0) is 11.5. The first-order chi connectivity index (χ1) is 6.89. The van der Waals surface area contributed by atoms with Gasteiger partial charge in [-0.15, -0.1) is 5.46 Å². The van der Waals surface area contributed by atoms with Crippen molar-refractivity contribution in [1.82, 2.24) is 0 Å². The van der Waals surface area contributed by atoms with Crippen molar-refractivity contribution in [2.45, 2.75) is 12.8 Å². The molecule has 1 aromatic carbocycles. The third-order valence-electron chi connectivity index (χ3n) is 1.96. The number of hydrogen-bond donors (Lipinski definition) is 1. The quantitative estimate of drug-likeness (QED) is 0.684. The van der Waals surface area contributed by atoms with Gasteiger partial charge in [0.25, 0.3) is 0 Å². The molecule has 0 atom stereocenters. The van der Waals surface area contributed by atoms with Crippen LogP contribution in [-0.2, 0) is 11.2 Å². The van der Waals surface area contributed by atoms with Gasteiger partial charge in [0.1, 0.15) is 0 Å². The third-order valence-corrected chi connectivity index (χ3v) is 1.96. The van der Waals surface area contributed by atoms with E-state index >= 15 is 0 Å². The van der Waals surface area contributed by atoms with Crippen molar-refractivity contribution in [3.05, 3.63) is 29.8 Å². The molecule has 82 valence electrons. The minimum absolute atomic E-state index is 0. The Morgan fingerprint density at radius 2 is 1.94 bits per heavy atom. The molecule has 0 spiro atoms. The van der Waals surface area contributed by atoms with E-state index in [9.17, 15) is 17.7 Å². The molecule has 0 bridgehead atoms. The van der Waals surface area contributed by atoms with Crippen LogP contribution in [0.4, 0.5) is 12.9 Å². The Morgan fingerprint density at radius 1 is 1.31 bits per heavy atom. The van der Waals surface area contributed by atoms with Gasteiger partial charge in [-0.1, -0.05) is 29.8 Å². The second-order valence-electron chi connectivity index (χ2n) is 3.21. The summed E-state index contributed by atoms with van der Waals surface area (Å²) in [6, 6.07) is 4.78. The van der Waals surface area contributed by atoms with Crippen LogP contribution in [0.2, 0.25) is 0 Å². The zero-order valence-electron chi connectivity index (χ0n) is 8.79. The maximum atomic E-state index is 12.3. The van der Waals surface area contributed by atoms with E-state index in [0.717, 1.165) is 12.1 Å². The van der Waals surface area contributed by atoms with Gasteiger partial charge in [0.2, 0.25) is 0 Å². The summed E-state index contributed by atoms with van der Waals surface area (Å²) in [7, 11) is 0. The maximum absolute atomic E-state index is 12.3. The molecular weight excluding hydrogens is 247 g/mol. The summed E-state index contributed by atoms with van der Waals surface area (Å²) >= 11 is 0. The molecule has 0 aliphatic heterocycles. The summed E-state index contributed by atoms with van der Waals surface area (Å²) in [5, 5.41) is 8.39. The number of carbonyl (C=O) groups is 1. The summed E-state index contributed by atoms with van der Waals surface area (Å²) < 4.78 is 36.9. The molecule has 0 heterocycles. The first-order valence-corrected chi connectivity index (χ1v) is 4.40. The van der Waals surface area contributed by atoms with Gasteiger partial charge in [-0.3, -0.25) is 4.79 Å². The normalized spacial score (nSPS) is 10.7. The van der Waals surface area contributed by atoms with Crippen molar-refractivity contribution in [3.63, 3.8) is 0 Å². The van der Waals surface area contributed by atoms with Gasteiger partial charge in [-0.05, 0) is 6.42 Å². The van der Waals surface area contributed by atoms with Crippen molar-refractivity contribution >= 4 is 18.4 Å². The Balaban J connectivity index is 0.00000225. The van der Waals surface area contributed by atoms with Gasteiger partial charge in [0, 0.05) is 6.42 Å². The minimum atomic E-state index is -5.00. The molecule has 0 aliphatic carbocycles. The smallest absolute Gasteiger partial charge is 0.481 e. The van der Waals surface area contributed by atoms with Crippen LogP contribution >= 0.6 is 0 Å². The first kappa shape index (κ1) is 16.2. The van der Waals surface area contributed by atoms with Gasteiger partial charge >= 0.3 is 64.3 Å². The molecule has 0 radical (unpaired) electrons. The summed E-state index contributed by atoms with van der Waals surface area (Å²) in [6.45, 7) is -5.00. The number of carboxylic acid groups (broad SMARTS) is 1. The molecule has 2 nitrogen and oxygen atoms in total. The van der Waals surface area contributed by atoms with Gasteiger partial charge < -0.3 is 18.1 Å². The average Bonchev–Trinajstić information content (AvgIpc) is 2.14. The molecule has 0 aromatic heterocycles. The van der Waals surface area contributed by atoms with Crippen LogP contribution < -0.4 is 56.8 Å². The number of aryl methyl sites for hydroxylation is 1. The zero-order valence-corrected chi connectivity index (χ0v) is 11.9. The van der Waals surface area contributed by atoms with Crippen molar-refractivity contribution in [1.29, 1.82) is 0 Å². The molecule has 0 unspecified atom stereocenters. The van der Waals surface area contributed by atoms with Gasteiger partial charge in [-0.25, -0.2) is 0 Å². The van der Waals surface area contributed by atoms with Gasteiger partial charge in [0.15, 0.2) is 0 Å². The first-order valence-electron chi connectivity index (χ1n) is 4.40. The van der Waals surface area contributed by atoms with Crippen molar-refractivity contribution < 1.29 is 74.2 Å².